The summed E-state index contributed by atoms with van der Waals surface area (Å²) in [7, 11) is 0. The predicted molar refractivity (Wildman–Crippen MR) is 76.3 cm³/mol. The van der Waals surface area contributed by atoms with E-state index in [1.54, 1.807) is 13.0 Å². The molecule has 24 heavy (non-hydrogen) atoms. The first kappa shape index (κ1) is 18.1. The average molecular weight is 356 g/mol. The molecule has 0 saturated heterocycles. The van der Waals surface area contributed by atoms with Crippen molar-refractivity contribution in [2.24, 2.45) is 17.8 Å². The number of fused-ring (bicyclic) bond motifs is 2. The maximum absolute atomic E-state index is 13.9. The highest BCUT2D eigenvalue weighted by Crippen LogP contribution is 2.61. The molecular formula is C17H22F6O. The van der Waals surface area contributed by atoms with Crippen LogP contribution in [0.25, 0.3) is 0 Å². The summed E-state index contributed by atoms with van der Waals surface area (Å²) >= 11 is 0. The lowest BCUT2D eigenvalue weighted by Crippen LogP contribution is -2.67. The van der Waals surface area contributed by atoms with E-state index in [-0.39, 0.29) is 31.6 Å². The van der Waals surface area contributed by atoms with Crippen molar-refractivity contribution in [3.8, 4) is 0 Å². The van der Waals surface area contributed by atoms with E-state index < -0.39 is 35.4 Å². The number of hydrogen-bond acceptors (Lipinski definition) is 1. The van der Waals surface area contributed by atoms with Crippen LogP contribution in [0.5, 0.6) is 0 Å². The van der Waals surface area contributed by atoms with Crippen LogP contribution in [0, 0.1) is 17.8 Å². The minimum atomic E-state index is -5.49. The second-order valence-electron chi connectivity index (χ2n) is 7.46. The summed E-state index contributed by atoms with van der Waals surface area (Å²) in [5.41, 5.74) is -5.39. The van der Waals surface area contributed by atoms with E-state index in [1.165, 1.54) is 6.08 Å². The van der Waals surface area contributed by atoms with Gasteiger partial charge in [0.2, 0.25) is 0 Å². The number of hydrogen-bond donors (Lipinski definition) is 0. The van der Waals surface area contributed by atoms with Gasteiger partial charge in [0.1, 0.15) is 0 Å². The molecule has 2 bridgehead atoms. The van der Waals surface area contributed by atoms with E-state index in [4.69, 9.17) is 4.74 Å². The fourth-order valence-electron chi connectivity index (χ4n) is 4.91. The van der Waals surface area contributed by atoms with Gasteiger partial charge in [0.15, 0.2) is 0 Å². The summed E-state index contributed by atoms with van der Waals surface area (Å²) in [6.45, 7) is 1.61. The molecule has 0 amide bonds. The molecule has 1 nitrogen and oxygen atoms in total. The number of alkyl halides is 6. The van der Waals surface area contributed by atoms with Crippen LogP contribution in [0.4, 0.5) is 26.3 Å². The highest BCUT2D eigenvalue weighted by atomic mass is 19.4. The Hall–Kier alpha value is -0.720. The van der Waals surface area contributed by atoms with Crippen molar-refractivity contribution < 1.29 is 31.1 Å². The molecule has 3 aliphatic rings. The van der Waals surface area contributed by atoms with Crippen molar-refractivity contribution in [2.75, 3.05) is 0 Å². The van der Waals surface area contributed by atoms with Crippen LogP contribution in [0.2, 0.25) is 0 Å². The standard InChI is InChI=1S/C17H22F6O/c1-2-14(7-3-4-8-14)24-15(16(18,19)20,17(21,22)23)13-10-11-5-6-12(13)9-11/h5-6,11-13H,2-4,7-10H2,1H3. The number of ether oxygens (including phenoxy) is 1. The van der Waals surface area contributed by atoms with Crippen molar-refractivity contribution >= 4 is 0 Å². The molecule has 3 unspecified atom stereocenters. The molecule has 7 heteroatoms. The lowest BCUT2D eigenvalue weighted by atomic mass is 9.76. The molecule has 2 fully saturated rings. The number of allylic oxidation sites excluding steroid dienone is 2. The Labute approximate surface area is 137 Å². The highest BCUT2D eigenvalue weighted by Gasteiger charge is 2.78. The zero-order chi connectivity index (χ0) is 17.8. The third-order valence-electron chi connectivity index (χ3n) is 6.18. The first-order valence-electron chi connectivity index (χ1n) is 8.56. The lowest BCUT2D eigenvalue weighted by Gasteiger charge is -2.48. The third-order valence-corrected chi connectivity index (χ3v) is 6.18. The second-order valence-corrected chi connectivity index (χ2v) is 7.46. The predicted octanol–water partition coefficient (Wildman–Crippen LogP) is 5.80. The Bertz CT molecular complexity index is 486. The number of rotatable bonds is 4. The van der Waals surface area contributed by atoms with Crippen molar-refractivity contribution in [3.05, 3.63) is 12.2 Å². The molecule has 0 spiro atoms. The van der Waals surface area contributed by atoms with Crippen LogP contribution in [-0.2, 0) is 4.74 Å². The Morgan fingerprint density at radius 3 is 1.92 bits per heavy atom. The summed E-state index contributed by atoms with van der Waals surface area (Å²) < 4.78 is 88.8. The first-order chi connectivity index (χ1) is 11.0. The highest BCUT2D eigenvalue weighted by molar-refractivity contribution is 5.18. The first-order valence-corrected chi connectivity index (χ1v) is 8.56. The summed E-state index contributed by atoms with van der Waals surface area (Å²) in [6.07, 6.45) is -5.57. The molecule has 0 aliphatic heterocycles. The molecular weight excluding hydrogens is 334 g/mol. The SMILES string of the molecule is CCC1(OC(C2CC3C=CC2C3)(C(F)(F)F)C(F)(F)F)CCCC1. The molecule has 3 aliphatic carbocycles. The van der Waals surface area contributed by atoms with Gasteiger partial charge in [-0.05, 0) is 43.9 Å². The zero-order valence-electron chi connectivity index (χ0n) is 13.5. The van der Waals surface area contributed by atoms with E-state index in [0.29, 0.717) is 19.3 Å². The fraction of sp³-hybridized carbons (Fsp3) is 0.882. The molecule has 2 saturated carbocycles. The van der Waals surface area contributed by atoms with Crippen molar-refractivity contribution in [1.82, 2.24) is 0 Å². The Morgan fingerprint density at radius 2 is 1.54 bits per heavy atom. The zero-order valence-corrected chi connectivity index (χ0v) is 13.5. The minimum Gasteiger partial charge on any atom is -0.351 e. The van der Waals surface area contributed by atoms with Crippen LogP contribution in [0.15, 0.2) is 12.2 Å². The van der Waals surface area contributed by atoms with Gasteiger partial charge in [0.25, 0.3) is 5.60 Å². The minimum absolute atomic E-state index is 0.111. The molecule has 0 aromatic rings. The van der Waals surface area contributed by atoms with Crippen molar-refractivity contribution in [2.45, 2.75) is 75.4 Å². The van der Waals surface area contributed by atoms with Gasteiger partial charge in [-0.1, -0.05) is 31.9 Å². The largest absolute Gasteiger partial charge is 0.426 e. The van der Waals surface area contributed by atoms with Crippen molar-refractivity contribution in [1.29, 1.82) is 0 Å². The van der Waals surface area contributed by atoms with E-state index >= 15 is 0 Å². The van der Waals surface area contributed by atoms with E-state index in [9.17, 15) is 26.3 Å². The van der Waals surface area contributed by atoms with Gasteiger partial charge < -0.3 is 4.74 Å². The van der Waals surface area contributed by atoms with Gasteiger partial charge in [-0.3, -0.25) is 0 Å². The molecule has 0 aromatic heterocycles. The Balaban J connectivity index is 2.07. The summed E-state index contributed by atoms with van der Waals surface area (Å²) in [5, 5.41) is 0. The van der Waals surface area contributed by atoms with Crippen molar-refractivity contribution in [3.63, 3.8) is 0 Å². The maximum atomic E-state index is 13.9. The third kappa shape index (κ3) is 2.58. The van der Waals surface area contributed by atoms with Gasteiger partial charge in [0.05, 0.1) is 5.60 Å². The van der Waals surface area contributed by atoms with Crippen LogP contribution in [0.3, 0.4) is 0 Å². The smallest absolute Gasteiger partial charge is 0.351 e. The van der Waals surface area contributed by atoms with Crippen LogP contribution >= 0.6 is 0 Å². The quantitative estimate of drug-likeness (QED) is 0.457. The maximum Gasteiger partial charge on any atom is 0.426 e. The molecule has 3 rings (SSSR count). The van der Waals surface area contributed by atoms with Crippen LogP contribution in [-0.4, -0.2) is 23.6 Å². The average Bonchev–Trinajstić information content (AvgIpc) is 3.19. The molecule has 0 heterocycles. The van der Waals surface area contributed by atoms with Gasteiger partial charge in [-0.2, -0.15) is 26.3 Å². The Kier molecular flexibility index (Phi) is 4.25. The monoisotopic (exact) mass is 356 g/mol. The van der Waals surface area contributed by atoms with E-state index in [0.717, 1.165) is 0 Å². The lowest BCUT2D eigenvalue weighted by molar-refractivity contribution is -0.421. The van der Waals surface area contributed by atoms with E-state index in [1.807, 2.05) is 0 Å². The van der Waals surface area contributed by atoms with E-state index in [2.05, 4.69) is 0 Å². The fourth-order valence-corrected chi connectivity index (χ4v) is 4.91. The molecule has 138 valence electrons. The summed E-state index contributed by atoms with van der Waals surface area (Å²) in [5.74, 6) is -2.50. The van der Waals surface area contributed by atoms with Gasteiger partial charge in [-0.15, -0.1) is 0 Å². The summed E-state index contributed by atoms with van der Waals surface area (Å²) in [6, 6.07) is 0. The summed E-state index contributed by atoms with van der Waals surface area (Å²) in [4.78, 5) is 0. The molecule has 0 N–H and O–H groups in total. The topological polar surface area (TPSA) is 9.23 Å². The number of halogens is 6. The normalized spacial score (nSPS) is 32.7. The van der Waals surface area contributed by atoms with Gasteiger partial charge in [0, 0.05) is 5.92 Å². The molecule has 3 atom stereocenters. The van der Waals surface area contributed by atoms with Crippen LogP contribution < -0.4 is 0 Å². The molecule has 0 aromatic carbocycles. The molecule has 0 radical (unpaired) electrons. The van der Waals surface area contributed by atoms with Crippen LogP contribution in [0.1, 0.15) is 51.9 Å². The Morgan fingerprint density at radius 1 is 0.958 bits per heavy atom. The van der Waals surface area contributed by atoms with Gasteiger partial charge in [-0.25, -0.2) is 0 Å². The second kappa shape index (κ2) is 5.64. The van der Waals surface area contributed by atoms with Gasteiger partial charge >= 0.3 is 12.4 Å².